The molecule has 96 valence electrons. The summed E-state index contributed by atoms with van der Waals surface area (Å²) in [6, 6.07) is 0. The topological polar surface area (TPSA) is 51.0 Å². The summed E-state index contributed by atoms with van der Waals surface area (Å²) in [6.07, 6.45) is 4.65. The second kappa shape index (κ2) is 5.17. The standard InChI is InChI=1S/C13H23N3O/c1-13(2,3)12-15-11(17-16-12)5-4-10-6-8-14-9-7-10/h10,14H,4-9H2,1-3H3. The molecule has 0 amide bonds. The predicted octanol–water partition coefficient (Wildman–Crippen LogP) is 2.30. The van der Waals surface area contributed by atoms with Crippen LogP contribution in [0.1, 0.15) is 51.7 Å². The Morgan fingerprint density at radius 3 is 2.59 bits per heavy atom. The number of aryl methyl sites for hydroxylation is 1. The average molecular weight is 237 g/mol. The normalized spacial score (nSPS) is 18.5. The van der Waals surface area contributed by atoms with Crippen LogP contribution in [0.25, 0.3) is 0 Å². The van der Waals surface area contributed by atoms with Gasteiger partial charge in [0.05, 0.1) is 0 Å². The highest BCUT2D eigenvalue weighted by Crippen LogP contribution is 2.21. The van der Waals surface area contributed by atoms with Gasteiger partial charge in [0.2, 0.25) is 5.89 Å². The first kappa shape index (κ1) is 12.6. The monoisotopic (exact) mass is 237 g/mol. The van der Waals surface area contributed by atoms with Crippen molar-refractivity contribution in [1.29, 1.82) is 0 Å². The summed E-state index contributed by atoms with van der Waals surface area (Å²) in [5.74, 6) is 2.44. The molecule has 1 aromatic rings. The van der Waals surface area contributed by atoms with Crippen LogP contribution in [0.2, 0.25) is 0 Å². The minimum Gasteiger partial charge on any atom is -0.339 e. The van der Waals surface area contributed by atoms with Crippen LogP contribution in [0.3, 0.4) is 0 Å². The van der Waals surface area contributed by atoms with Crippen LogP contribution in [0.5, 0.6) is 0 Å². The molecule has 2 heterocycles. The number of rotatable bonds is 3. The van der Waals surface area contributed by atoms with E-state index in [2.05, 4.69) is 36.2 Å². The van der Waals surface area contributed by atoms with Gasteiger partial charge in [0, 0.05) is 11.8 Å². The quantitative estimate of drug-likeness (QED) is 0.876. The van der Waals surface area contributed by atoms with E-state index in [0.717, 1.165) is 37.1 Å². The Labute approximate surface area is 103 Å². The minimum atomic E-state index is -0.0174. The molecule has 2 rings (SSSR count). The molecule has 0 unspecified atom stereocenters. The molecule has 0 saturated carbocycles. The van der Waals surface area contributed by atoms with Gasteiger partial charge in [-0.1, -0.05) is 25.9 Å². The number of nitrogens with zero attached hydrogens (tertiary/aromatic N) is 2. The van der Waals surface area contributed by atoms with Crippen molar-refractivity contribution < 1.29 is 4.52 Å². The van der Waals surface area contributed by atoms with Gasteiger partial charge < -0.3 is 9.84 Å². The molecule has 0 spiro atoms. The fourth-order valence-corrected chi connectivity index (χ4v) is 2.16. The Morgan fingerprint density at radius 1 is 1.29 bits per heavy atom. The maximum absolute atomic E-state index is 5.31. The average Bonchev–Trinajstić information content (AvgIpc) is 2.76. The molecule has 1 N–H and O–H groups in total. The molecule has 0 bridgehead atoms. The zero-order valence-electron chi connectivity index (χ0n) is 11.1. The first-order chi connectivity index (χ1) is 8.05. The van der Waals surface area contributed by atoms with Crippen LogP contribution in [0.4, 0.5) is 0 Å². The SMILES string of the molecule is CC(C)(C)c1noc(CCC2CCNCC2)n1. The van der Waals surface area contributed by atoms with Crippen molar-refractivity contribution in [1.82, 2.24) is 15.5 Å². The first-order valence-corrected chi connectivity index (χ1v) is 6.59. The van der Waals surface area contributed by atoms with Crippen molar-refractivity contribution in [3.05, 3.63) is 11.7 Å². The van der Waals surface area contributed by atoms with Crippen molar-refractivity contribution in [3.63, 3.8) is 0 Å². The van der Waals surface area contributed by atoms with Crippen LogP contribution < -0.4 is 5.32 Å². The van der Waals surface area contributed by atoms with E-state index in [1.165, 1.54) is 19.3 Å². The summed E-state index contributed by atoms with van der Waals surface area (Å²) >= 11 is 0. The molecule has 1 fully saturated rings. The van der Waals surface area contributed by atoms with Gasteiger partial charge in [0.25, 0.3) is 0 Å². The molecular weight excluding hydrogens is 214 g/mol. The minimum absolute atomic E-state index is 0.0174. The van der Waals surface area contributed by atoms with Gasteiger partial charge in [-0.3, -0.25) is 0 Å². The van der Waals surface area contributed by atoms with Crippen LogP contribution in [-0.4, -0.2) is 23.2 Å². The van der Waals surface area contributed by atoms with Crippen molar-refractivity contribution in [2.45, 2.75) is 51.9 Å². The van der Waals surface area contributed by atoms with Crippen LogP contribution in [-0.2, 0) is 11.8 Å². The van der Waals surface area contributed by atoms with E-state index in [-0.39, 0.29) is 5.41 Å². The first-order valence-electron chi connectivity index (χ1n) is 6.59. The summed E-state index contributed by atoms with van der Waals surface area (Å²) in [6.45, 7) is 8.63. The fraction of sp³-hybridized carbons (Fsp3) is 0.846. The molecule has 1 aromatic heterocycles. The smallest absolute Gasteiger partial charge is 0.226 e. The lowest BCUT2D eigenvalue weighted by molar-refractivity contribution is 0.321. The van der Waals surface area contributed by atoms with Crippen molar-refractivity contribution in [3.8, 4) is 0 Å². The second-order valence-electron chi connectivity index (χ2n) is 5.99. The third-order valence-electron chi connectivity index (χ3n) is 3.36. The van der Waals surface area contributed by atoms with E-state index in [1.54, 1.807) is 0 Å². The van der Waals surface area contributed by atoms with E-state index in [9.17, 15) is 0 Å². The van der Waals surface area contributed by atoms with E-state index < -0.39 is 0 Å². The van der Waals surface area contributed by atoms with E-state index in [0.29, 0.717) is 0 Å². The number of nitrogens with one attached hydrogen (secondary N) is 1. The molecule has 0 aliphatic carbocycles. The molecular formula is C13H23N3O. The second-order valence-corrected chi connectivity index (χ2v) is 5.99. The summed E-state index contributed by atoms with van der Waals surface area (Å²) in [5, 5.41) is 7.44. The Bertz CT molecular complexity index is 348. The number of piperidine rings is 1. The molecule has 4 nitrogen and oxygen atoms in total. The lowest BCUT2D eigenvalue weighted by Gasteiger charge is -2.21. The van der Waals surface area contributed by atoms with Gasteiger partial charge in [0.15, 0.2) is 5.82 Å². The summed E-state index contributed by atoms with van der Waals surface area (Å²) in [7, 11) is 0. The number of hydrogen-bond acceptors (Lipinski definition) is 4. The fourth-order valence-electron chi connectivity index (χ4n) is 2.16. The molecule has 0 atom stereocenters. The third-order valence-corrected chi connectivity index (χ3v) is 3.36. The maximum Gasteiger partial charge on any atom is 0.226 e. The van der Waals surface area contributed by atoms with Gasteiger partial charge in [-0.15, -0.1) is 0 Å². The highest BCUT2D eigenvalue weighted by atomic mass is 16.5. The predicted molar refractivity (Wildman–Crippen MR) is 66.9 cm³/mol. The van der Waals surface area contributed by atoms with Gasteiger partial charge >= 0.3 is 0 Å². The number of hydrogen-bond donors (Lipinski definition) is 1. The summed E-state index contributed by atoms with van der Waals surface area (Å²) in [4.78, 5) is 4.47. The van der Waals surface area contributed by atoms with Crippen LogP contribution >= 0.6 is 0 Å². The third kappa shape index (κ3) is 3.53. The summed E-state index contributed by atoms with van der Waals surface area (Å²) in [5.41, 5.74) is -0.0174. The molecule has 0 aromatic carbocycles. The Morgan fingerprint density at radius 2 is 2.00 bits per heavy atom. The van der Waals surface area contributed by atoms with Crippen LogP contribution in [0.15, 0.2) is 4.52 Å². The lowest BCUT2D eigenvalue weighted by Crippen LogP contribution is -2.27. The van der Waals surface area contributed by atoms with Crippen molar-refractivity contribution in [2.24, 2.45) is 5.92 Å². The molecule has 4 heteroatoms. The lowest BCUT2D eigenvalue weighted by atomic mass is 9.93. The highest BCUT2D eigenvalue weighted by molar-refractivity contribution is 5.00. The zero-order chi connectivity index (χ0) is 12.3. The Hall–Kier alpha value is -0.900. The van der Waals surface area contributed by atoms with Gasteiger partial charge in [-0.25, -0.2) is 0 Å². The maximum atomic E-state index is 5.31. The summed E-state index contributed by atoms with van der Waals surface area (Å²) < 4.78 is 5.31. The van der Waals surface area contributed by atoms with Crippen molar-refractivity contribution >= 4 is 0 Å². The van der Waals surface area contributed by atoms with E-state index >= 15 is 0 Å². The molecule has 1 aliphatic heterocycles. The highest BCUT2D eigenvalue weighted by Gasteiger charge is 2.21. The van der Waals surface area contributed by atoms with E-state index in [1.807, 2.05) is 0 Å². The Kier molecular flexibility index (Phi) is 3.82. The van der Waals surface area contributed by atoms with Gasteiger partial charge in [0.1, 0.15) is 0 Å². The largest absolute Gasteiger partial charge is 0.339 e. The van der Waals surface area contributed by atoms with Gasteiger partial charge in [-0.2, -0.15) is 4.98 Å². The molecule has 1 saturated heterocycles. The molecule has 0 radical (unpaired) electrons. The molecule has 17 heavy (non-hydrogen) atoms. The molecule has 1 aliphatic rings. The van der Waals surface area contributed by atoms with E-state index in [4.69, 9.17) is 4.52 Å². The van der Waals surface area contributed by atoms with Crippen LogP contribution in [0, 0.1) is 5.92 Å². The Balaban J connectivity index is 1.84. The van der Waals surface area contributed by atoms with Gasteiger partial charge in [-0.05, 0) is 38.3 Å². The number of aromatic nitrogens is 2. The van der Waals surface area contributed by atoms with Crippen molar-refractivity contribution in [2.75, 3.05) is 13.1 Å². The zero-order valence-corrected chi connectivity index (χ0v) is 11.1.